The smallest absolute Gasteiger partial charge is 0.334 e. The molecule has 0 bridgehead atoms. The van der Waals surface area contributed by atoms with Gasteiger partial charge in [-0.05, 0) is 19.8 Å². The van der Waals surface area contributed by atoms with E-state index in [1.165, 1.54) is 0 Å². The lowest BCUT2D eigenvalue weighted by atomic mass is 10.0. The molecule has 2 atom stereocenters. The van der Waals surface area contributed by atoms with Crippen LogP contribution in [0.2, 0.25) is 0 Å². The second-order valence-electron chi connectivity index (χ2n) is 5.09. The van der Waals surface area contributed by atoms with Crippen LogP contribution in [0.4, 0.5) is 11.5 Å². The fraction of sp³-hybridized carbons (Fsp3) is 0.750. The van der Waals surface area contributed by atoms with E-state index in [-0.39, 0.29) is 22.6 Å². The van der Waals surface area contributed by atoms with Gasteiger partial charge in [-0.1, -0.05) is 6.92 Å². The van der Waals surface area contributed by atoms with Crippen molar-refractivity contribution in [3.05, 3.63) is 15.8 Å². The Balaban J connectivity index is 2.35. The number of nitro groups is 1. The van der Waals surface area contributed by atoms with E-state index in [1.54, 1.807) is 18.7 Å². The largest absolute Gasteiger partial charge is 0.393 e. The molecule has 0 aliphatic carbocycles. The number of anilines is 1. The van der Waals surface area contributed by atoms with Crippen molar-refractivity contribution in [2.24, 2.45) is 13.0 Å². The molecular formula is C12H20N4O3. The van der Waals surface area contributed by atoms with Gasteiger partial charge in [-0.15, -0.1) is 0 Å². The Kier molecular flexibility index (Phi) is 3.75. The summed E-state index contributed by atoms with van der Waals surface area (Å²) in [6.07, 6.45) is 1.00. The second kappa shape index (κ2) is 5.16. The van der Waals surface area contributed by atoms with Crippen LogP contribution in [0.25, 0.3) is 0 Å². The Morgan fingerprint density at radius 2 is 2.32 bits per heavy atom. The second-order valence-corrected chi connectivity index (χ2v) is 5.09. The van der Waals surface area contributed by atoms with Gasteiger partial charge in [0, 0.05) is 26.1 Å². The third kappa shape index (κ3) is 2.42. The summed E-state index contributed by atoms with van der Waals surface area (Å²) < 4.78 is 1.58. The van der Waals surface area contributed by atoms with Gasteiger partial charge in [0.1, 0.15) is 5.69 Å². The van der Waals surface area contributed by atoms with Crippen molar-refractivity contribution in [2.75, 3.05) is 18.0 Å². The first-order valence-corrected chi connectivity index (χ1v) is 6.59. The molecule has 7 heteroatoms. The number of aryl methyl sites for hydroxylation is 2. The summed E-state index contributed by atoms with van der Waals surface area (Å²) in [6, 6.07) is 0. The van der Waals surface area contributed by atoms with E-state index in [9.17, 15) is 15.2 Å². The van der Waals surface area contributed by atoms with Crippen molar-refractivity contribution in [1.82, 2.24) is 9.78 Å². The normalized spacial score (nSPS) is 20.8. The molecule has 2 heterocycles. The van der Waals surface area contributed by atoms with Crippen LogP contribution in [0.5, 0.6) is 0 Å². The first-order chi connectivity index (χ1) is 8.95. The zero-order valence-corrected chi connectivity index (χ0v) is 11.5. The minimum absolute atomic E-state index is 0.108. The molecule has 1 aliphatic rings. The van der Waals surface area contributed by atoms with Crippen molar-refractivity contribution >= 4 is 11.5 Å². The monoisotopic (exact) mass is 268 g/mol. The lowest BCUT2D eigenvalue weighted by Gasteiger charge is -2.18. The van der Waals surface area contributed by atoms with Gasteiger partial charge in [0.15, 0.2) is 0 Å². The zero-order chi connectivity index (χ0) is 14.2. The maximum Gasteiger partial charge on any atom is 0.334 e. The van der Waals surface area contributed by atoms with E-state index in [0.29, 0.717) is 24.5 Å². The van der Waals surface area contributed by atoms with Gasteiger partial charge in [-0.3, -0.25) is 10.1 Å². The van der Waals surface area contributed by atoms with Crippen LogP contribution in [-0.4, -0.2) is 39.0 Å². The molecule has 0 spiro atoms. The molecule has 0 radical (unpaired) electrons. The van der Waals surface area contributed by atoms with Crippen LogP contribution in [0, 0.1) is 16.0 Å². The van der Waals surface area contributed by atoms with E-state index in [4.69, 9.17) is 0 Å². The predicted octanol–water partition coefficient (Wildman–Crippen LogP) is 1.10. The summed E-state index contributed by atoms with van der Waals surface area (Å²) in [5, 5.41) is 25.1. The minimum Gasteiger partial charge on any atom is -0.393 e. The molecule has 0 aromatic carbocycles. The van der Waals surface area contributed by atoms with Gasteiger partial charge in [0.2, 0.25) is 5.82 Å². The van der Waals surface area contributed by atoms with E-state index >= 15 is 0 Å². The van der Waals surface area contributed by atoms with Gasteiger partial charge in [-0.2, -0.15) is 5.10 Å². The Hall–Kier alpha value is -1.63. The van der Waals surface area contributed by atoms with Crippen LogP contribution >= 0.6 is 0 Å². The van der Waals surface area contributed by atoms with Gasteiger partial charge < -0.3 is 10.0 Å². The molecule has 2 unspecified atom stereocenters. The Morgan fingerprint density at radius 3 is 2.79 bits per heavy atom. The number of nitrogens with zero attached hydrogens (tertiary/aromatic N) is 4. The molecule has 2 rings (SSSR count). The van der Waals surface area contributed by atoms with E-state index < -0.39 is 0 Å². The lowest BCUT2D eigenvalue weighted by Crippen LogP contribution is -2.26. The molecule has 7 nitrogen and oxygen atoms in total. The maximum atomic E-state index is 11.3. The number of aromatic nitrogens is 2. The fourth-order valence-electron chi connectivity index (χ4n) is 2.71. The Labute approximate surface area is 112 Å². The fourth-order valence-corrected chi connectivity index (χ4v) is 2.71. The Bertz CT molecular complexity index is 484. The molecule has 1 saturated heterocycles. The molecular weight excluding hydrogens is 248 g/mol. The third-order valence-corrected chi connectivity index (χ3v) is 3.79. The average Bonchev–Trinajstić information content (AvgIpc) is 2.92. The standard InChI is InChI=1S/C12H20N4O3/c1-4-10-11(16(18)19)12(14(3)13-10)15-6-5-9(7-15)8(2)17/h8-9,17H,4-7H2,1-3H3. The summed E-state index contributed by atoms with van der Waals surface area (Å²) in [7, 11) is 1.73. The Morgan fingerprint density at radius 1 is 1.63 bits per heavy atom. The molecule has 0 amide bonds. The SMILES string of the molecule is CCc1nn(C)c(N2CCC(C(C)O)C2)c1[N+](=O)[O-]. The minimum atomic E-state index is -0.386. The van der Waals surface area contributed by atoms with Crippen LogP contribution < -0.4 is 4.90 Å². The van der Waals surface area contributed by atoms with Crippen molar-refractivity contribution in [1.29, 1.82) is 0 Å². The molecule has 106 valence electrons. The topological polar surface area (TPSA) is 84.4 Å². The molecule has 1 aliphatic heterocycles. The number of aliphatic hydroxyl groups excluding tert-OH is 1. The highest BCUT2D eigenvalue weighted by molar-refractivity contribution is 5.62. The zero-order valence-electron chi connectivity index (χ0n) is 11.5. The van der Waals surface area contributed by atoms with Crippen molar-refractivity contribution in [2.45, 2.75) is 32.8 Å². The number of rotatable bonds is 4. The van der Waals surface area contributed by atoms with Gasteiger partial charge in [0.25, 0.3) is 0 Å². The first kappa shape index (κ1) is 13.8. The molecule has 0 saturated carbocycles. The molecule has 1 aromatic rings. The van der Waals surface area contributed by atoms with E-state index in [2.05, 4.69) is 5.10 Å². The summed E-state index contributed by atoms with van der Waals surface area (Å²) in [5.41, 5.74) is 0.624. The third-order valence-electron chi connectivity index (χ3n) is 3.79. The molecule has 19 heavy (non-hydrogen) atoms. The highest BCUT2D eigenvalue weighted by atomic mass is 16.6. The van der Waals surface area contributed by atoms with Crippen LogP contribution in [0.1, 0.15) is 26.0 Å². The summed E-state index contributed by atoms with van der Waals surface area (Å²) in [5.74, 6) is 0.726. The van der Waals surface area contributed by atoms with Crippen LogP contribution in [-0.2, 0) is 13.5 Å². The summed E-state index contributed by atoms with van der Waals surface area (Å²) in [6.45, 7) is 4.99. The van der Waals surface area contributed by atoms with Crippen molar-refractivity contribution in [3.63, 3.8) is 0 Å². The molecule has 1 aromatic heterocycles. The van der Waals surface area contributed by atoms with Crippen LogP contribution in [0.15, 0.2) is 0 Å². The highest BCUT2D eigenvalue weighted by Crippen LogP contribution is 2.35. The van der Waals surface area contributed by atoms with Crippen molar-refractivity contribution in [3.8, 4) is 0 Å². The lowest BCUT2D eigenvalue weighted by molar-refractivity contribution is -0.384. The van der Waals surface area contributed by atoms with E-state index in [0.717, 1.165) is 13.0 Å². The first-order valence-electron chi connectivity index (χ1n) is 6.59. The number of hydrogen-bond donors (Lipinski definition) is 1. The quantitative estimate of drug-likeness (QED) is 0.653. The van der Waals surface area contributed by atoms with Crippen LogP contribution in [0.3, 0.4) is 0 Å². The molecule has 1 N–H and O–H groups in total. The summed E-state index contributed by atoms with van der Waals surface area (Å²) >= 11 is 0. The highest BCUT2D eigenvalue weighted by Gasteiger charge is 2.34. The van der Waals surface area contributed by atoms with Gasteiger partial charge in [-0.25, -0.2) is 4.68 Å². The van der Waals surface area contributed by atoms with Gasteiger partial charge in [0.05, 0.1) is 11.0 Å². The predicted molar refractivity (Wildman–Crippen MR) is 71.2 cm³/mol. The average molecular weight is 268 g/mol. The number of aliphatic hydroxyl groups is 1. The molecule has 1 fully saturated rings. The van der Waals surface area contributed by atoms with Crippen molar-refractivity contribution < 1.29 is 10.0 Å². The van der Waals surface area contributed by atoms with Gasteiger partial charge >= 0.3 is 5.69 Å². The number of hydrogen-bond acceptors (Lipinski definition) is 5. The maximum absolute atomic E-state index is 11.3. The summed E-state index contributed by atoms with van der Waals surface area (Å²) in [4.78, 5) is 12.9. The van der Waals surface area contributed by atoms with E-state index in [1.807, 2.05) is 11.8 Å².